The summed E-state index contributed by atoms with van der Waals surface area (Å²) in [6.07, 6.45) is 1.05. The van der Waals surface area contributed by atoms with E-state index >= 15 is 0 Å². The Balaban J connectivity index is 1.66. The molecule has 0 bridgehead atoms. The molecule has 12 heteroatoms. The van der Waals surface area contributed by atoms with E-state index in [1.165, 1.54) is 21.4 Å². The molecular formula is C33H48N4O7S. The Morgan fingerprint density at radius 3 is 2.24 bits per heavy atom. The first-order chi connectivity index (χ1) is 21.4. The summed E-state index contributed by atoms with van der Waals surface area (Å²) in [6.45, 7) is 9.92. The number of nitrogens with zero attached hydrogens (tertiary/aromatic N) is 3. The van der Waals surface area contributed by atoms with Crippen molar-refractivity contribution in [3.8, 4) is 11.5 Å². The van der Waals surface area contributed by atoms with Crippen molar-refractivity contribution in [1.82, 2.24) is 19.6 Å². The second-order valence-corrected chi connectivity index (χ2v) is 14.7. The van der Waals surface area contributed by atoms with Crippen LogP contribution in [0.25, 0.3) is 0 Å². The van der Waals surface area contributed by atoms with Crippen LogP contribution in [0, 0.1) is 11.8 Å². The van der Waals surface area contributed by atoms with Gasteiger partial charge in [-0.1, -0.05) is 58.0 Å². The Morgan fingerprint density at radius 2 is 1.60 bits per heavy atom. The van der Waals surface area contributed by atoms with Crippen molar-refractivity contribution in [2.24, 2.45) is 11.8 Å². The maximum Gasteiger partial charge on any atom is 0.252 e. The highest BCUT2D eigenvalue weighted by Crippen LogP contribution is 2.33. The Kier molecular flexibility index (Phi) is 12.2. The zero-order valence-electron chi connectivity index (χ0n) is 26.9. The second-order valence-electron chi connectivity index (χ2n) is 12.7. The number of aliphatic hydroxyl groups excluding tert-OH is 1. The lowest BCUT2D eigenvalue weighted by Gasteiger charge is -2.37. The number of amides is 2. The Hall–Kier alpha value is -3.19. The van der Waals surface area contributed by atoms with Gasteiger partial charge in [0, 0.05) is 25.6 Å². The smallest absolute Gasteiger partial charge is 0.252 e. The van der Waals surface area contributed by atoms with Gasteiger partial charge in [0.2, 0.25) is 15.9 Å². The van der Waals surface area contributed by atoms with Crippen LogP contribution in [0.1, 0.15) is 52.5 Å². The van der Waals surface area contributed by atoms with E-state index in [2.05, 4.69) is 5.43 Å². The Labute approximate surface area is 267 Å². The fourth-order valence-electron chi connectivity index (χ4n) is 5.69. The van der Waals surface area contributed by atoms with Crippen molar-refractivity contribution in [3.05, 3.63) is 54.1 Å². The topological polar surface area (TPSA) is 129 Å². The quantitative estimate of drug-likeness (QED) is 0.301. The minimum atomic E-state index is -4.09. The first-order valence-corrected chi connectivity index (χ1v) is 17.3. The molecule has 0 aromatic heterocycles. The SMILES string of the molecule is CC(C)CC(=O)N(NC(=O)CN1CCCC1)C(Cc1ccccc1)[C@H](O)CN(CC(C)C)S(=O)(=O)c1ccc2c(c1)OCCO2. The number of ether oxygens (including phenoxy) is 2. The maximum atomic E-state index is 14.1. The monoisotopic (exact) mass is 644 g/mol. The standard InChI is InChI=1S/C33H48N4O7S/c1-24(2)18-33(40)37(34-32(39)23-35-14-8-9-15-35)28(19-26-10-6-5-7-11-26)29(38)22-36(21-25(3)4)45(41,42)27-12-13-30-31(20-27)44-17-16-43-30/h5-7,10-13,20,24-25,28-29,38H,8-9,14-19,21-23H2,1-4H3,(H,34,39)/t28?,29-/m1/s1. The number of nitrogens with one attached hydrogen (secondary N) is 1. The van der Waals surface area contributed by atoms with Gasteiger partial charge in [0.05, 0.1) is 23.6 Å². The van der Waals surface area contributed by atoms with E-state index in [-0.39, 0.29) is 61.0 Å². The molecule has 4 rings (SSSR count). The normalized spacial score (nSPS) is 16.6. The highest BCUT2D eigenvalue weighted by molar-refractivity contribution is 7.89. The van der Waals surface area contributed by atoms with Gasteiger partial charge in [0.1, 0.15) is 13.2 Å². The summed E-state index contributed by atoms with van der Waals surface area (Å²) in [5, 5.41) is 13.2. The molecule has 0 spiro atoms. The minimum Gasteiger partial charge on any atom is -0.486 e. The molecule has 11 nitrogen and oxygen atoms in total. The molecule has 2 atom stereocenters. The summed E-state index contributed by atoms with van der Waals surface area (Å²) in [5.41, 5.74) is 3.65. The average Bonchev–Trinajstić information content (AvgIpc) is 3.51. The third-order valence-corrected chi connectivity index (χ3v) is 9.66. The Bertz CT molecular complexity index is 1380. The lowest BCUT2D eigenvalue weighted by molar-refractivity contribution is -0.148. The predicted molar refractivity (Wildman–Crippen MR) is 171 cm³/mol. The molecule has 2 N–H and O–H groups in total. The number of carbonyl (C=O) groups excluding carboxylic acids is 2. The van der Waals surface area contributed by atoms with Crippen LogP contribution in [0.5, 0.6) is 11.5 Å². The van der Waals surface area contributed by atoms with E-state index in [4.69, 9.17) is 9.47 Å². The molecule has 2 aliphatic heterocycles. The fraction of sp³-hybridized carbons (Fsp3) is 0.576. The van der Waals surface area contributed by atoms with Gasteiger partial charge in [-0.2, -0.15) is 4.31 Å². The van der Waals surface area contributed by atoms with Crippen LogP contribution in [0.4, 0.5) is 0 Å². The van der Waals surface area contributed by atoms with Crippen LogP contribution >= 0.6 is 0 Å². The summed E-state index contributed by atoms with van der Waals surface area (Å²) >= 11 is 0. The number of rotatable bonds is 14. The molecule has 2 heterocycles. The first-order valence-electron chi connectivity index (χ1n) is 15.9. The summed E-state index contributed by atoms with van der Waals surface area (Å²) in [5.74, 6) is 0.0729. The van der Waals surface area contributed by atoms with Crippen LogP contribution in [0.3, 0.4) is 0 Å². The number of aliphatic hydroxyl groups is 1. The molecule has 45 heavy (non-hydrogen) atoms. The number of hydrogen-bond donors (Lipinski definition) is 2. The molecule has 1 saturated heterocycles. The van der Waals surface area contributed by atoms with Crippen molar-refractivity contribution in [2.75, 3.05) is 45.9 Å². The lowest BCUT2D eigenvalue weighted by Crippen LogP contribution is -2.60. The zero-order valence-corrected chi connectivity index (χ0v) is 27.7. The van der Waals surface area contributed by atoms with Gasteiger partial charge in [-0.15, -0.1) is 0 Å². The highest BCUT2D eigenvalue weighted by Gasteiger charge is 2.36. The molecular weight excluding hydrogens is 596 g/mol. The number of fused-ring (bicyclic) bond motifs is 1. The highest BCUT2D eigenvalue weighted by atomic mass is 32.2. The molecule has 0 radical (unpaired) electrons. The summed E-state index contributed by atoms with van der Waals surface area (Å²) in [4.78, 5) is 29.0. The van der Waals surface area contributed by atoms with E-state index in [0.29, 0.717) is 24.7 Å². The number of hydrazine groups is 1. The van der Waals surface area contributed by atoms with Gasteiger partial charge in [0.25, 0.3) is 5.91 Å². The van der Waals surface area contributed by atoms with Crippen LogP contribution in [0.2, 0.25) is 0 Å². The van der Waals surface area contributed by atoms with Crippen molar-refractivity contribution in [1.29, 1.82) is 0 Å². The molecule has 1 fully saturated rings. The van der Waals surface area contributed by atoms with Gasteiger partial charge in [-0.05, 0) is 61.9 Å². The number of benzene rings is 2. The number of likely N-dealkylation sites (tertiary alicyclic amines) is 1. The van der Waals surface area contributed by atoms with Gasteiger partial charge >= 0.3 is 0 Å². The second kappa shape index (κ2) is 15.9. The predicted octanol–water partition coefficient (Wildman–Crippen LogP) is 3.08. The van der Waals surface area contributed by atoms with E-state index < -0.39 is 22.2 Å². The molecule has 2 amide bonds. The minimum absolute atomic E-state index is 0.00183. The van der Waals surface area contributed by atoms with E-state index in [1.54, 1.807) is 6.07 Å². The van der Waals surface area contributed by atoms with Gasteiger partial charge in [-0.3, -0.25) is 19.9 Å². The van der Waals surface area contributed by atoms with Crippen molar-refractivity contribution < 1.29 is 32.6 Å². The third-order valence-electron chi connectivity index (χ3n) is 7.84. The summed E-state index contributed by atoms with van der Waals surface area (Å²) in [7, 11) is -4.09. The van der Waals surface area contributed by atoms with Crippen LogP contribution < -0.4 is 14.9 Å². The summed E-state index contributed by atoms with van der Waals surface area (Å²) in [6, 6.07) is 12.9. The maximum absolute atomic E-state index is 14.1. The molecule has 1 unspecified atom stereocenters. The molecule has 0 saturated carbocycles. The van der Waals surface area contributed by atoms with Crippen LogP contribution in [0.15, 0.2) is 53.4 Å². The van der Waals surface area contributed by atoms with Gasteiger partial charge < -0.3 is 14.6 Å². The van der Waals surface area contributed by atoms with Crippen molar-refractivity contribution in [3.63, 3.8) is 0 Å². The van der Waals surface area contributed by atoms with Gasteiger partial charge in [-0.25, -0.2) is 13.4 Å². The number of hydrogen-bond acceptors (Lipinski definition) is 8. The third kappa shape index (κ3) is 9.65. The van der Waals surface area contributed by atoms with E-state index in [1.807, 2.05) is 62.9 Å². The van der Waals surface area contributed by atoms with E-state index in [9.17, 15) is 23.1 Å². The van der Waals surface area contributed by atoms with Gasteiger partial charge in [0.15, 0.2) is 11.5 Å². The zero-order chi connectivity index (χ0) is 32.6. The van der Waals surface area contributed by atoms with Crippen LogP contribution in [-0.4, -0.2) is 97.6 Å². The van der Waals surface area contributed by atoms with Crippen LogP contribution in [-0.2, 0) is 26.0 Å². The molecule has 248 valence electrons. The number of carbonyl (C=O) groups is 2. The molecule has 2 aromatic carbocycles. The van der Waals surface area contributed by atoms with Crippen molar-refractivity contribution in [2.45, 2.75) is 70.4 Å². The molecule has 0 aliphatic carbocycles. The number of sulfonamides is 1. The average molecular weight is 645 g/mol. The lowest BCUT2D eigenvalue weighted by atomic mass is 9.99. The Morgan fingerprint density at radius 1 is 0.933 bits per heavy atom. The van der Waals surface area contributed by atoms with Crippen molar-refractivity contribution >= 4 is 21.8 Å². The first kappa shape index (κ1) is 34.7. The fourth-order valence-corrected chi connectivity index (χ4v) is 7.33. The summed E-state index contributed by atoms with van der Waals surface area (Å²) < 4.78 is 40.6. The largest absolute Gasteiger partial charge is 0.486 e. The molecule has 2 aromatic rings. The van der Waals surface area contributed by atoms with E-state index in [0.717, 1.165) is 31.5 Å². The molecule has 2 aliphatic rings.